The van der Waals surface area contributed by atoms with E-state index in [4.69, 9.17) is 4.55 Å². The SMILES string of the molecule is C=C.O=C([O-])c1cc(C(=O)[O-])cc(S(=O)(=O)O)c1.[Na+]. The van der Waals surface area contributed by atoms with E-state index in [2.05, 4.69) is 13.2 Å². The molecule has 0 bridgehead atoms. The van der Waals surface area contributed by atoms with Gasteiger partial charge in [-0.3, -0.25) is 4.55 Å². The first-order valence-electron chi connectivity index (χ1n) is 4.27. The van der Waals surface area contributed by atoms with Gasteiger partial charge in [-0.1, -0.05) is 0 Å². The molecule has 7 nitrogen and oxygen atoms in total. The molecular formula is C10H8NaO7S-. The minimum absolute atomic E-state index is 0. The minimum atomic E-state index is -4.70. The molecule has 0 heterocycles. The monoisotopic (exact) mass is 295 g/mol. The first kappa shape index (κ1) is 20.1. The first-order valence-corrected chi connectivity index (χ1v) is 5.71. The van der Waals surface area contributed by atoms with E-state index >= 15 is 0 Å². The van der Waals surface area contributed by atoms with Crippen molar-refractivity contribution in [1.82, 2.24) is 0 Å². The Balaban J connectivity index is 0. The zero-order valence-corrected chi connectivity index (χ0v) is 12.8. The second kappa shape index (κ2) is 8.08. The van der Waals surface area contributed by atoms with Crippen LogP contribution in [-0.2, 0) is 10.1 Å². The number of carboxylic acids is 2. The van der Waals surface area contributed by atoms with Crippen LogP contribution in [0.25, 0.3) is 0 Å². The Morgan fingerprint density at radius 2 is 1.32 bits per heavy atom. The van der Waals surface area contributed by atoms with Gasteiger partial charge in [-0.05, 0) is 29.3 Å². The summed E-state index contributed by atoms with van der Waals surface area (Å²) in [4.78, 5) is 20.1. The smallest absolute Gasteiger partial charge is 0.545 e. The molecule has 0 aliphatic heterocycles. The minimum Gasteiger partial charge on any atom is -0.545 e. The van der Waals surface area contributed by atoms with E-state index in [1.54, 1.807) is 0 Å². The molecule has 1 aromatic rings. The van der Waals surface area contributed by atoms with Gasteiger partial charge in [-0.2, -0.15) is 8.42 Å². The van der Waals surface area contributed by atoms with Crippen molar-refractivity contribution in [3.63, 3.8) is 0 Å². The van der Waals surface area contributed by atoms with Gasteiger partial charge in [0, 0.05) is 0 Å². The molecule has 1 aromatic carbocycles. The number of carboxylic acid groups (broad SMARTS) is 2. The summed E-state index contributed by atoms with van der Waals surface area (Å²) in [5.74, 6) is -3.54. The van der Waals surface area contributed by atoms with E-state index in [1.165, 1.54) is 0 Å². The zero-order valence-electron chi connectivity index (χ0n) is 9.95. The van der Waals surface area contributed by atoms with E-state index in [9.17, 15) is 28.2 Å². The number of carbonyl (C=O) groups excluding carboxylic acids is 2. The van der Waals surface area contributed by atoms with E-state index in [0.29, 0.717) is 18.2 Å². The topological polar surface area (TPSA) is 135 Å². The normalized spacial score (nSPS) is 9.53. The molecule has 0 aromatic heterocycles. The van der Waals surface area contributed by atoms with Gasteiger partial charge in [0.05, 0.1) is 16.8 Å². The van der Waals surface area contributed by atoms with Crippen LogP contribution in [-0.4, -0.2) is 24.9 Å². The second-order valence-corrected chi connectivity index (χ2v) is 4.22. The van der Waals surface area contributed by atoms with E-state index in [0.717, 1.165) is 0 Å². The van der Waals surface area contributed by atoms with Crippen LogP contribution in [0.15, 0.2) is 36.3 Å². The summed E-state index contributed by atoms with van der Waals surface area (Å²) in [5, 5.41) is 20.9. The fraction of sp³-hybridized carbons (Fsp3) is 0. The summed E-state index contributed by atoms with van der Waals surface area (Å²) in [6.07, 6.45) is 0. The molecule has 0 spiro atoms. The third-order valence-electron chi connectivity index (χ3n) is 1.68. The van der Waals surface area contributed by atoms with Crippen molar-refractivity contribution in [2.45, 2.75) is 4.90 Å². The van der Waals surface area contributed by atoms with Crippen molar-refractivity contribution in [3.05, 3.63) is 42.5 Å². The molecule has 0 atom stereocenters. The first-order chi connectivity index (χ1) is 8.21. The van der Waals surface area contributed by atoms with Crippen molar-refractivity contribution in [3.8, 4) is 0 Å². The maximum absolute atomic E-state index is 10.7. The predicted octanol–water partition coefficient (Wildman–Crippen LogP) is -4.53. The standard InChI is InChI=1S/C8H6O7S.C2H4.Na/c9-7(10)4-1-5(8(11)12)3-6(2-4)16(13,14)15;1-2;/h1-3H,(H,9,10)(H,11,12)(H,13,14,15);1-2H2;/q;;+1/p-2. The molecular weight excluding hydrogens is 287 g/mol. The summed E-state index contributed by atoms with van der Waals surface area (Å²) in [5.41, 5.74) is -1.37. The Morgan fingerprint density at radius 1 is 1.00 bits per heavy atom. The van der Waals surface area contributed by atoms with Crippen LogP contribution in [0.2, 0.25) is 0 Å². The fourth-order valence-electron chi connectivity index (χ4n) is 0.984. The summed E-state index contributed by atoms with van der Waals surface area (Å²) in [7, 11) is -4.70. The number of hydrogen-bond acceptors (Lipinski definition) is 6. The molecule has 0 radical (unpaired) electrons. The van der Waals surface area contributed by atoms with Crippen LogP contribution >= 0.6 is 0 Å². The second-order valence-electron chi connectivity index (χ2n) is 2.80. The maximum atomic E-state index is 10.7. The number of aromatic carboxylic acids is 2. The number of carbonyl (C=O) groups is 2. The molecule has 0 aliphatic carbocycles. The number of hydrogen-bond donors (Lipinski definition) is 1. The van der Waals surface area contributed by atoms with Gasteiger partial charge in [0.15, 0.2) is 0 Å². The molecule has 98 valence electrons. The predicted molar refractivity (Wildman–Crippen MR) is 56.2 cm³/mol. The van der Waals surface area contributed by atoms with Crippen molar-refractivity contribution < 1.29 is 62.3 Å². The van der Waals surface area contributed by atoms with Crippen molar-refractivity contribution in [2.75, 3.05) is 0 Å². The summed E-state index contributed by atoms with van der Waals surface area (Å²) in [6, 6.07) is 1.83. The van der Waals surface area contributed by atoms with Gasteiger partial charge in [0.1, 0.15) is 0 Å². The van der Waals surface area contributed by atoms with Gasteiger partial charge in [-0.25, -0.2) is 0 Å². The van der Waals surface area contributed by atoms with Gasteiger partial charge in [-0.15, -0.1) is 13.2 Å². The molecule has 1 rings (SSSR count). The van der Waals surface area contributed by atoms with Crippen LogP contribution < -0.4 is 39.8 Å². The van der Waals surface area contributed by atoms with Crippen LogP contribution in [0.4, 0.5) is 0 Å². The van der Waals surface area contributed by atoms with Crippen LogP contribution in [0.3, 0.4) is 0 Å². The Kier molecular flexibility index (Phi) is 8.56. The molecule has 0 fully saturated rings. The van der Waals surface area contributed by atoms with Gasteiger partial charge < -0.3 is 19.8 Å². The molecule has 0 amide bonds. The zero-order chi connectivity index (χ0) is 14.5. The average Bonchev–Trinajstić information content (AvgIpc) is 2.29. The van der Waals surface area contributed by atoms with Gasteiger partial charge in [0.2, 0.25) is 0 Å². The molecule has 19 heavy (non-hydrogen) atoms. The van der Waals surface area contributed by atoms with Gasteiger partial charge in [0.25, 0.3) is 10.1 Å². The molecule has 9 heteroatoms. The summed E-state index contributed by atoms with van der Waals surface area (Å²) < 4.78 is 30.1. The third-order valence-corrected chi connectivity index (χ3v) is 2.51. The van der Waals surface area contributed by atoms with Crippen molar-refractivity contribution in [2.24, 2.45) is 0 Å². The molecule has 0 unspecified atom stereocenters. The fourth-order valence-corrected chi connectivity index (χ4v) is 1.54. The van der Waals surface area contributed by atoms with E-state index in [1.807, 2.05) is 0 Å². The molecule has 1 N–H and O–H groups in total. The van der Waals surface area contributed by atoms with E-state index in [-0.39, 0.29) is 29.6 Å². The van der Waals surface area contributed by atoms with Crippen molar-refractivity contribution in [1.29, 1.82) is 0 Å². The number of benzene rings is 1. The molecule has 0 aliphatic rings. The summed E-state index contributed by atoms with van der Waals surface area (Å²) in [6.45, 7) is 6.00. The molecule has 0 saturated carbocycles. The van der Waals surface area contributed by atoms with Crippen LogP contribution in [0, 0.1) is 0 Å². The third kappa shape index (κ3) is 5.99. The average molecular weight is 295 g/mol. The van der Waals surface area contributed by atoms with Crippen molar-refractivity contribution >= 4 is 22.1 Å². The number of rotatable bonds is 3. The maximum Gasteiger partial charge on any atom is 1.00 e. The van der Waals surface area contributed by atoms with Crippen LogP contribution in [0.1, 0.15) is 20.7 Å². The summed E-state index contributed by atoms with van der Waals surface area (Å²) >= 11 is 0. The Hall–Kier alpha value is -1.19. The largest absolute Gasteiger partial charge is 1.00 e. The Labute approximate surface area is 131 Å². The quantitative estimate of drug-likeness (QED) is 0.337. The van der Waals surface area contributed by atoms with Gasteiger partial charge >= 0.3 is 29.6 Å². The van der Waals surface area contributed by atoms with Crippen LogP contribution in [0.5, 0.6) is 0 Å². The van der Waals surface area contributed by atoms with E-state index < -0.39 is 38.1 Å². The Morgan fingerprint density at radius 3 is 1.53 bits per heavy atom. The Bertz CT molecular complexity index is 547. The molecule has 0 saturated heterocycles.